The minimum atomic E-state index is -0.430. The molecule has 63 heavy (non-hydrogen) atoms. The number of para-hydroxylation sites is 2. The van der Waals surface area contributed by atoms with Crippen molar-refractivity contribution in [2.75, 3.05) is 4.90 Å². The van der Waals surface area contributed by atoms with Crippen LogP contribution in [0.1, 0.15) is 22.3 Å². The lowest BCUT2D eigenvalue weighted by molar-refractivity contribution is 0.669. The zero-order valence-electron chi connectivity index (χ0n) is 34.2. The highest BCUT2D eigenvalue weighted by Gasteiger charge is 2.51. The molecule has 0 fully saturated rings. The highest BCUT2D eigenvalue weighted by Crippen LogP contribution is 2.63. The lowest BCUT2D eigenvalue weighted by Gasteiger charge is -2.32. The Kier molecular flexibility index (Phi) is 7.07. The van der Waals surface area contributed by atoms with Gasteiger partial charge in [0.15, 0.2) is 0 Å². The summed E-state index contributed by atoms with van der Waals surface area (Å²) in [5.41, 5.74) is 17.7. The van der Waals surface area contributed by atoms with Crippen molar-refractivity contribution in [3.05, 3.63) is 247 Å². The molecule has 2 aliphatic rings. The van der Waals surface area contributed by atoms with Gasteiger partial charge in [-0.05, 0) is 137 Å². The summed E-state index contributed by atoms with van der Waals surface area (Å²) >= 11 is 0. The van der Waals surface area contributed by atoms with E-state index in [4.69, 9.17) is 4.42 Å². The van der Waals surface area contributed by atoms with Gasteiger partial charge in [-0.3, -0.25) is 0 Å². The van der Waals surface area contributed by atoms with Crippen molar-refractivity contribution in [3.8, 4) is 33.4 Å². The smallest absolute Gasteiger partial charge is 0.136 e. The largest absolute Gasteiger partial charge is 0.456 e. The van der Waals surface area contributed by atoms with Crippen LogP contribution in [0.2, 0.25) is 0 Å². The molecule has 0 atom stereocenters. The summed E-state index contributed by atoms with van der Waals surface area (Å²) in [5, 5.41) is 9.76. The van der Waals surface area contributed by atoms with E-state index in [0.29, 0.717) is 0 Å². The first-order valence-corrected chi connectivity index (χ1v) is 21.8. The maximum atomic E-state index is 6.42. The molecule has 0 N–H and O–H groups in total. The lowest BCUT2D eigenvalue weighted by atomic mass is 9.70. The summed E-state index contributed by atoms with van der Waals surface area (Å²) in [6.45, 7) is 0. The second-order valence-electron chi connectivity index (χ2n) is 17.1. The minimum Gasteiger partial charge on any atom is -0.456 e. The normalized spacial score (nSPS) is 13.2. The average Bonchev–Trinajstić information content (AvgIpc) is 3.98. The van der Waals surface area contributed by atoms with E-state index in [0.717, 1.165) is 33.6 Å². The number of anilines is 3. The number of furan rings is 1. The maximum Gasteiger partial charge on any atom is 0.136 e. The molecule has 292 valence electrons. The molecule has 0 saturated carbocycles. The standard InChI is InChI=1S/C61H37NO/c1-2-17-39(18-3-1)62(41-32-33-46-45-22-8-12-30-54(45)61(55(46)37-41)52-28-10-6-20-43(52)44-21-7-11-29-53(44)61)40-19-14-16-38(36-40)42-26-15-27-48-50-34-35-57-60(51-25-9-13-31-56(51)63-57)59(50)49-24-5-4-23-47(49)58(42)48/h1-37H. The Morgan fingerprint density at radius 2 is 0.794 bits per heavy atom. The van der Waals surface area contributed by atoms with Gasteiger partial charge < -0.3 is 9.32 Å². The van der Waals surface area contributed by atoms with Crippen LogP contribution in [-0.2, 0) is 5.41 Å². The Morgan fingerprint density at radius 3 is 1.51 bits per heavy atom. The van der Waals surface area contributed by atoms with Gasteiger partial charge in [0.05, 0.1) is 5.41 Å². The van der Waals surface area contributed by atoms with Crippen LogP contribution in [-0.4, -0.2) is 0 Å². The number of hydrogen-bond donors (Lipinski definition) is 0. The van der Waals surface area contributed by atoms with Crippen LogP contribution >= 0.6 is 0 Å². The number of nitrogens with zero attached hydrogens (tertiary/aromatic N) is 1. The van der Waals surface area contributed by atoms with Crippen LogP contribution in [0.4, 0.5) is 17.1 Å². The highest BCUT2D eigenvalue weighted by molar-refractivity contribution is 6.36. The summed E-state index contributed by atoms with van der Waals surface area (Å²) in [4.78, 5) is 2.44. The fourth-order valence-electron chi connectivity index (χ4n) is 11.6. The van der Waals surface area contributed by atoms with Crippen molar-refractivity contribution in [2.45, 2.75) is 5.41 Å². The summed E-state index contributed by atoms with van der Waals surface area (Å²) in [6.07, 6.45) is 0. The zero-order valence-corrected chi connectivity index (χ0v) is 34.2. The van der Waals surface area contributed by atoms with Gasteiger partial charge in [0.2, 0.25) is 0 Å². The molecule has 1 spiro atoms. The molecule has 1 heterocycles. The molecule has 2 heteroatoms. The molecule has 2 aliphatic carbocycles. The van der Waals surface area contributed by atoms with Crippen LogP contribution in [0.5, 0.6) is 0 Å². The van der Waals surface area contributed by atoms with Crippen molar-refractivity contribution in [2.24, 2.45) is 0 Å². The van der Waals surface area contributed by atoms with Gasteiger partial charge in [-0.15, -0.1) is 0 Å². The fraction of sp³-hybridized carbons (Fsp3) is 0.0164. The third-order valence-corrected chi connectivity index (χ3v) is 14.0. The molecule has 0 bridgehead atoms. The number of rotatable bonds is 4. The number of hydrogen-bond acceptors (Lipinski definition) is 2. The van der Waals surface area contributed by atoms with Crippen LogP contribution < -0.4 is 4.90 Å². The van der Waals surface area contributed by atoms with Crippen LogP contribution in [0, 0.1) is 0 Å². The van der Waals surface area contributed by atoms with E-state index in [2.05, 4.69) is 223 Å². The van der Waals surface area contributed by atoms with Gasteiger partial charge >= 0.3 is 0 Å². The predicted octanol–water partition coefficient (Wildman–Crippen LogP) is 16.5. The first-order valence-electron chi connectivity index (χ1n) is 21.8. The monoisotopic (exact) mass is 799 g/mol. The van der Waals surface area contributed by atoms with Crippen molar-refractivity contribution < 1.29 is 4.42 Å². The summed E-state index contributed by atoms with van der Waals surface area (Å²) < 4.78 is 6.42. The number of benzene rings is 11. The van der Waals surface area contributed by atoms with E-state index in [1.165, 1.54) is 93.3 Å². The molecule has 11 aromatic carbocycles. The first-order chi connectivity index (χ1) is 31.3. The van der Waals surface area contributed by atoms with E-state index >= 15 is 0 Å². The molecule has 1 aromatic heterocycles. The molecule has 0 aliphatic heterocycles. The Hall–Kier alpha value is -8.20. The molecule has 0 unspecified atom stereocenters. The van der Waals surface area contributed by atoms with Crippen LogP contribution in [0.25, 0.3) is 87.6 Å². The second kappa shape index (κ2) is 12.9. The van der Waals surface area contributed by atoms with Crippen molar-refractivity contribution in [1.82, 2.24) is 0 Å². The predicted molar refractivity (Wildman–Crippen MR) is 263 cm³/mol. The van der Waals surface area contributed by atoms with E-state index < -0.39 is 5.41 Å². The van der Waals surface area contributed by atoms with Gasteiger partial charge in [0, 0.05) is 33.2 Å². The van der Waals surface area contributed by atoms with Gasteiger partial charge in [0.25, 0.3) is 0 Å². The molecule has 0 radical (unpaired) electrons. The van der Waals surface area contributed by atoms with Gasteiger partial charge in [0.1, 0.15) is 11.2 Å². The number of fused-ring (bicyclic) bond motifs is 20. The molecule has 2 nitrogen and oxygen atoms in total. The highest BCUT2D eigenvalue weighted by atomic mass is 16.3. The second-order valence-corrected chi connectivity index (χ2v) is 17.1. The third-order valence-electron chi connectivity index (χ3n) is 14.0. The van der Waals surface area contributed by atoms with Crippen molar-refractivity contribution >= 4 is 71.3 Å². The van der Waals surface area contributed by atoms with E-state index in [1.807, 2.05) is 6.07 Å². The van der Waals surface area contributed by atoms with Gasteiger partial charge in [-0.1, -0.05) is 170 Å². The lowest BCUT2D eigenvalue weighted by Crippen LogP contribution is -2.26. The van der Waals surface area contributed by atoms with E-state index in [-0.39, 0.29) is 0 Å². The Labute approximate surface area is 364 Å². The first kappa shape index (κ1) is 34.5. The molecular weight excluding hydrogens is 763 g/mol. The van der Waals surface area contributed by atoms with Crippen LogP contribution in [0.3, 0.4) is 0 Å². The Balaban J connectivity index is 0.996. The fourth-order valence-corrected chi connectivity index (χ4v) is 11.6. The van der Waals surface area contributed by atoms with Gasteiger partial charge in [-0.25, -0.2) is 0 Å². The summed E-state index contributed by atoms with van der Waals surface area (Å²) in [5.74, 6) is 0. The van der Waals surface area contributed by atoms with E-state index in [1.54, 1.807) is 0 Å². The Bertz CT molecular complexity index is 3780. The average molecular weight is 800 g/mol. The Morgan fingerprint density at radius 1 is 0.286 bits per heavy atom. The SMILES string of the molecule is c1ccc(N(c2cccc(-c3cccc4c5ccc6oc7ccccc7c6c5c5ccccc5c34)c2)c2ccc3c(c2)C2(c4ccccc4-c4ccccc42)c2ccccc2-3)cc1. The van der Waals surface area contributed by atoms with Crippen molar-refractivity contribution in [3.63, 3.8) is 0 Å². The zero-order chi connectivity index (χ0) is 41.2. The van der Waals surface area contributed by atoms with E-state index in [9.17, 15) is 0 Å². The molecule has 14 rings (SSSR count). The quantitative estimate of drug-likeness (QED) is 0.165. The summed E-state index contributed by atoms with van der Waals surface area (Å²) in [6, 6.07) is 82.8. The molecule has 0 amide bonds. The molecule has 0 saturated heterocycles. The topological polar surface area (TPSA) is 16.4 Å². The van der Waals surface area contributed by atoms with Crippen LogP contribution in [0.15, 0.2) is 229 Å². The van der Waals surface area contributed by atoms with Gasteiger partial charge in [-0.2, -0.15) is 0 Å². The molecule has 12 aromatic rings. The summed E-state index contributed by atoms with van der Waals surface area (Å²) in [7, 11) is 0. The maximum absolute atomic E-state index is 6.42. The third kappa shape index (κ3) is 4.62. The molecular formula is C61H37NO. The minimum absolute atomic E-state index is 0.430. The van der Waals surface area contributed by atoms with Crippen molar-refractivity contribution in [1.29, 1.82) is 0 Å².